The van der Waals surface area contributed by atoms with E-state index in [4.69, 9.17) is 9.84 Å². The van der Waals surface area contributed by atoms with E-state index in [1.54, 1.807) is 13.8 Å². The van der Waals surface area contributed by atoms with Crippen LogP contribution in [-0.4, -0.2) is 44.8 Å². The molecular weight excluding hydrogens is 271 g/mol. The Labute approximate surface area is 113 Å². The Balaban J connectivity index is 2.46. The van der Waals surface area contributed by atoms with Gasteiger partial charge in [-0.1, -0.05) is 13.8 Å². The molecule has 4 atom stereocenters. The summed E-state index contributed by atoms with van der Waals surface area (Å²) < 4.78 is 20.0. The van der Waals surface area contributed by atoms with E-state index in [0.717, 1.165) is 4.57 Å². The maximum absolute atomic E-state index is 14.0. The zero-order valence-electron chi connectivity index (χ0n) is 11.1. The Kier molecular flexibility index (Phi) is 4.07. The third-order valence-corrected chi connectivity index (χ3v) is 3.37. The van der Waals surface area contributed by atoms with Gasteiger partial charge in [0.1, 0.15) is 12.2 Å². The minimum absolute atomic E-state index is 0.163. The average Bonchev–Trinajstić information content (AvgIpc) is 2.66. The van der Waals surface area contributed by atoms with Gasteiger partial charge in [0.25, 0.3) is 5.56 Å². The molecule has 0 bridgehead atoms. The SMILES string of the molecule is CC(C)c1cn([C@@H]2O[C@H](CO)[C@@H](O)[C@@H]2F)c(=O)[nH]c1=O. The Morgan fingerprint density at radius 2 is 2.15 bits per heavy atom. The normalized spacial score (nSPS) is 30.1. The number of nitrogens with zero attached hydrogens (tertiary/aromatic N) is 1. The molecule has 7 nitrogen and oxygen atoms in total. The van der Waals surface area contributed by atoms with Crippen LogP contribution in [0.25, 0.3) is 0 Å². The molecule has 0 amide bonds. The number of aromatic amines is 1. The summed E-state index contributed by atoms with van der Waals surface area (Å²) in [4.78, 5) is 25.5. The van der Waals surface area contributed by atoms with Crippen molar-refractivity contribution in [2.24, 2.45) is 0 Å². The second kappa shape index (κ2) is 5.47. The monoisotopic (exact) mass is 288 g/mol. The number of aromatic nitrogens is 2. The number of rotatable bonds is 3. The van der Waals surface area contributed by atoms with Crippen molar-refractivity contribution in [1.82, 2.24) is 9.55 Å². The second-order valence-electron chi connectivity index (χ2n) is 5.09. The minimum Gasteiger partial charge on any atom is -0.394 e. The van der Waals surface area contributed by atoms with E-state index in [2.05, 4.69) is 4.98 Å². The second-order valence-corrected chi connectivity index (χ2v) is 5.09. The summed E-state index contributed by atoms with van der Waals surface area (Å²) in [6.07, 6.45) is -4.63. The van der Waals surface area contributed by atoms with Crippen molar-refractivity contribution in [1.29, 1.82) is 0 Å². The number of nitrogens with one attached hydrogen (secondary N) is 1. The fourth-order valence-corrected chi connectivity index (χ4v) is 2.18. The summed E-state index contributed by atoms with van der Waals surface area (Å²) in [7, 11) is 0. The van der Waals surface area contributed by atoms with Crippen LogP contribution in [0.2, 0.25) is 0 Å². The standard InChI is InChI=1S/C12H17FN2O5/c1-5(2)6-3-15(12(19)14-10(6)18)11-8(13)9(17)7(4-16)20-11/h3,5,7-9,11,16-17H,4H2,1-2H3,(H,14,18,19)/t7-,8+,9-,11-/m1/s1. The molecule has 0 spiro atoms. The minimum atomic E-state index is -1.87. The molecule has 1 fully saturated rings. The molecule has 1 aliphatic rings. The van der Waals surface area contributed by atoms with Gasteiger partial charge in [-0.15, -0.1) is 0 Å². The van der Waals surface area contributed by atoms with Crippen LogP contribution >= 0.6 is 0 Å². The maximum Gasteiger partial charge on any atom is 0.330 e. The Morgan fingerprint density at radius 1 is 1.50 bits per heavy atom. The van der Waals surface area contributed by atoms with E-state index in [-0.39, 0.29) is 5.92 Å². The lowest BCUT2D eigenvalue weighted by atomic mass is 10.1. The van der Waals surface area contributed by atoms with E-state index >= 15 is 0 Å². The number of H-pyrrole nitrogens is 1. The van der Waals surface area contributed by atoms with Gasteiger partial charge in [-0.25, -0.2) is 9.18 Å². The molecule has 1 saturated heterocycles. The predicted molar refractivity (Wildman–Crippen MR) is 67.3 cm³/mol. The van der Waals surface area contributed by atoms with Gasteiger partial charge in [0.15, 0.2) is 12.4 Å². The molecule has 0 aliphatic carbocycles. The van der Waals surface area contributed by atoms with Gasteiger partial charge in [0.05, 0.1) is 6.61 Å². The molecule has 1 aromatic heterocycles. The average molecular weight is 288 g/mol. The molecule has 2 rings (SSSR count). The third kappa shape index (κ3) is 2.41. The number of hydrogen-bond donors (Lipinski definition) is 3. The van der Waals surface area contributed by atoms with E-state index in [9.17, 15) is 19.1 Å². The highest BCUT2D eigenvalue weighted by Crippen LogP contribution is 2.30. The molecule has 112 valence electrons. The Bertz CT molecular complexity index is 596. The number of aliphatic hydroxyl groups excluding tert-OH is 2. The summed E-state index contributed by atoms with van der Waals surface area (Å²) in [5.74, 6) is -0.163. The lowest BCUT2D eigenvalue weighted by molar-refractivity contribution is -0.0492. The van der Waals surface area contributed by atoms with Crippen LogP contribution in [0.4, 0.5) is 4.39 Å². The van der Waals surface area contributed by atoms with Gasteiger partial charge in [0.2, 0.25) is 0 Å². The van der Waals surface area contributed by atoms with Gasteiger partial charge in [0, 0.05) is 11.8 Å². The fourth-order valence-electron chi connectivity index (χ4n) is 2.18. The molecule has 20 heavy (non-hydrogen) atoms. The van der Waals surface area contributed by atoms with Gasteiger partial charge in [-0.2, -0.15) is 0 Å². The van der Waals surface area contributed by atoms with Crippen molar-refractivity contribution >= 4 is 0 Å². The molecule has 1 aromatic rings. The molecule has 2 heterocycles. The summed E-state index contributed by atoms with van der Waals surface area (Å²) >= 11 is 0. The summed E-state index contributed by atoms with van der Waals surface area (Å²) in [5.41, 5.74) is -1.05. The van der Waals surface area contributed by atoms with Crippen molar-refractivity contribution in [3.63, 3.8) is 0 Å². The van der Waals surface area contributed by atoms with Crippen molar-refractivity contribution in [2.75, 3.05) is 6.61 Å². The molecular formula is C12H17FN2O5. The topological polar surface area (TPSA) is 105 Å². The van der Waals surface area contributed by atoms with Gasteiger partial charge < -0.3 is 14.9 Å². The first kappa shape index (κ1) is 14.9. The van der Waals surface area contributed by atoms with Crippen molar-refractivity contribution in [3.8, 4) is 0 Å². The van der Waals surface area contributed by atoms with E-state index < -0.39 is 42.5 Å². The number of halogens is 1. The van der Waals surface area contributed by atoms with Crippen LogP contribution in [0.3, 0.4) is 0 Å². The summed E-state index contributed by atoms with van der Waals surface area (Å²) in [6, 6.07) is 0. The molecule has 0 radical (unpaired) electrons. The van der Waals surface area contributed by atoms with Crippen LogP contribution < -0.4 is 11.2 Å². The number of hydrogen-bond acceptors (Lipinski definition) is 5. The van der Waals surface area contributed by atoms with Crippen LogP contribution in [0.15, 0.2) is 15.8 Å². The van der Waals surface area contributed by atoms with E-state index in [0.29, 0.717) is 5.56 Å². The zero-order valence-corrected chi connectivity index (χ0v) is 11.1. The fraction of sp³-hybridized carbons (Fsp3) is 0.667. The zero-order chi connectivity index (χ0) is 15.0. The van der Waals surface area contributed by atoms with E-state index in [1.165, 1.54) is 6.20 Å². The van der Waals surface area contributed by atoms with Crippen molar-refractivity contribution in [2.45, 2.75) is 44.4 Å². The molecule has 0 saturated carbocycles. The van der Waals surface area contributed by atoms with Crippen molar-refractivity contribution < 1.29 is 19.3 Å². The van der Waals surface area contributed by atoms with Gasteiger partial charge in [-0.3, -0.25) is 14.3 Å². The molecule has 0 unspecified atom stereocenters. The number of ether oxygens (including phenoxy) is 1. The van der Waals surface area contributed by atoms with Crippen molar-refractivity contribution in [3.05, 3.63) is 32.6 Å². The molecule has 0 aromatic carbocycles. The Hall–Kier alpha value is -1.51. The first-order valence-corrected chi connectivity index (χ1v) is 6.30. The lowest BCUT2D eigenvalue weighted by Crippen LogP contribution is -2.37. The summed E-state index contributed by atoms with van der Waals surface area (Å²) in [6.45, 7) is 2.95. The number of alkyl halides is 1. The third-order valence-electron chi connectivity index (χ3n) is 3.37. The molecule has 1 aliphatic heterocycles. The van der Waals surface area contributed by atoms with Crippen LogP contribution in [0.1, 0.15) is 31.6 Å². The first-order chi connectivity index (χ1) is 9.36. The number of aliphatic hydroxyl groups is 2. The highest BCUT2D eigenvalue weighted by Gasteiger charge is 2.45. The van der Waals surface area contributed by atoms with Crippen LogP contribution in [-0.2, 0) is 4.74 Å². The smallest absolute Gasteiger partial charge is 0.330 e. The van der Waals surface area contributed by atoms with E-state index in [1.807, 2.05) is 0 Å². The van der Waals surface area contributed by atoms with Crippen LogP contribution in [0, 0.1) is 0 Å². The van der Waals surface area contributed by atoms with Gasteiger partial charge in [-0.05, 0) is 5.92 Å². The highest BCUT2D eigenvalue weighted by atomic mass is 19.1. The van der Waals surface area contributed by atoms with Crippen LogP contribution in [0.5, 0.6) is 0 Å². The maximum atomic E-state index is 14.0. The molecule has 3 N–H and O–H groups in total. The summed E-state index contributed by atoms with van der Waals surface area (Å²) in [5, 5.41) is 18.5. The Morgan fingerprint density at radius 3 is 2.65 bits per heavy atom. The molecule has 8 heteroatoms. The largest absolute Gasteiger partial charge is 0.394 e. The predicted octanol–water partition coefficient (Wildman–Crippen LogP) is -0.751. The first-order valence-electron chi connectivity index (χ1n) is 6.30. The quantitative estimate of drug-likeness (QED) is 0.679. The van der Waals surface area contributed by atoms with Gasteiger partial charge >= 0.3 is 5.69 Å². The lowest BCUT2D eigenvalue weighted by Gasteiger charge is -2.17. The highest BCUT2D eigenvalue weighted by molar-refractivity contribution is 5.10.